The average molecular weight is 436 g/mol. The van der Waals surface area contributed by atoms with Crippen molar-refractivity contribution >= 4 is 21.6 Å². The van der Waals surface area contributed by atoms with E-state index in [1.54, 1.807) is 31.3 Å². The summed E-state index contributed by atoms with van der Waals surface area (Å²) in [6, 6.07) is 9.31. The summed E-state index contributed by atoms with van der Waals surface area (Å²) in [6.07, 6.45) is 1.68. The largest absolute Gasteiger partial charge is 0.492 e. The Kier molecular flexibility index (Phi) is 7.24. The molecule has 10 heteroatoms. The monoisotopic (exact) mass is 435 g/mol. The lowest BCUT2D eigenvalue weighted by Crippen LogP contribution is -2.40. The third kappa shape index (κ3) is 5.26. The Bertz CT molecular complexity index is 1040. The first-order chi connectivity index (χ1) is 14.4. The quantitative estimate of drug-likeness (QED) is 0.670. The molecule has 1 aliphatic rings. The Morgan fingerprint density at radius 2 is 1.97 bits per heavy atom. The SMILES string of the molecule is CCOc1ccc(NC(=O)CCn2ccccc2=O)cc1S(=O)(=O)N1CCOCC1. The Balaban J connectivity index is 1.77. The number of carbonyl (C=O) groups excluding carboxylic acids is 1. The van der Waals surface area contributed by atoms with E-state index >= 15 is 0 Å². The molecule has 0 aliphatic carbocycles. The second-order valence-corrected chi connectivity index (χ2v) is 8.55. The number of rotatable bonds is 8. The van der Waals surface area contributed by atoms with Gasteiger partial charge in [-0.2, -0.15) is 4.31 Å². The first-order valence-electron chi connectivity index (χ1n) is 9.72. The predicted molar refractivity (Wildman–Crippen MR) is 111 cm³/mol. The lowest BCUT2D eigenvalue weighted by molar-refractivity contribution is -0.116. The molecule has 162 valence electrons. The predicted octanol–water partition coefficient (Wildman–Crippen LogP) is 1.30. The van der Waals surface area contributed by atoms with E-state index in [0.717, 1.165) is 0 Å². The first kappa shape index (κ1) is 22.0. The Labute approximate surface area is 175 Å². The van der Waals surface area contributed by atoms with Crippen LogP contribution >= 0.6 is 0 Å². The van der Waals surface area contributed by atoms with Crippen LogP contribution in [-0.4, -0.2) is 56.1 Å². The highest BCUT2D eigenvalue weighted by molar-refractivity contribution is 7.89. The van der Waals surface area contributed by atoms with Crippen LogP contribution in [0, 0.1) is 0 Å². The second kappa shape index (κ2) is 9.88. The zero-order chi connectivity index (χ0) is 21.6. The molecular formula is C20H25N3O6S. The van der Waals surface area contributed by atoms with Crippen molar-refractivity contribution in [2.24, 2.45) is 0 Å². The van der Waals surface area contributed by atoms with Gasteiger partial charge in [-0.3, -0.25) is 9.59 Å². The van der Waals surface area contributed by atoms with E-state index in [1.165, 1.54) is 27.1 Å². The van der Waals surface area contributed by atoms with Crippen LogP contribution < -0.4 is 15.6 Å². The van der Waals surface area contributed by atoms with Crippen molar-refractivity contribution in [1.82, 2.24) is 8.87 Å². The van der Waals surface area contributed by atoms with Crippen LogP contribution in [0.25, 0.3) is 0 Å². The summed E-state index contributed by atoms with van der Waals surface area (Å²) in [5, 5.41) is 2.70. The lowest BCUT2D eigenvalue weighted by Gasteiger charge is -2.27. The van der Waals surface area contributed by atoms with Crippen LogP contribution in [0.5, 0.6) is 5.75 Å². The Morgan fingerprint density at radius 1 is 1.20 bits per heavy atom. The molecule has 0 unspecified atom stereocenters. The van der Waals surface area contributed by atoms with Gasteiger partial charge in [0, 0.05) is 44.0 Å². The van der Waals surface area contributed by atoms with Crippen LogP contribution in [0.15, 0.2) is 52.3 Å². The molecular weight excluding hydrogens is 410 g/mol. The molecule has 9 nitrogen and oxygen atoms in total. The van der Waals surface area contributed by atoms with E-state index in [4.69, 9.17) is 9.47 Å². The number of aromatic nitrogens is 1. The lowest BCUT2D eigenvalue weighted by atomic mass is 10.3. The zero-order valence-electron chi connectivity index (χ0n) is 16.7. The number of amides is 1. The standard InChI is InChI=1S/C20H25N3O6S/c1-2-29-17-7-6-16(15-18(17)30(26,27)23-11-13-28-14-12-23)21-19(24)8-10-22-9-4-3-5-20(22)25/h3-7,9,15H,2,8,10-14H2,1H3,(H,21,24). The van der Waals surface area contributed by atoms with Crippen LogP contribution in [-0.2, 0) is 26.1 Å². The molecule has 2 aromatic rings. The molecule has 1 aromatic heterocycles. The number of morpholine rings is 1. The van der Waals surface area contributed by atoms with Crippen LogP contribution in [0.3, 0.4) is 0 Å². The number of hydrogen-bond donors (Lipinski definition) is 1. The minimum Gasteiger partial charge on any atom is -0.492 e. The summed E-state index contributed by atoms with van der Waals surface area (Å²) in [4.78, 5) is 24.1. The number of hydrogen-bond acceptors (Lipinski definition) is 6. The van der Waals surface area contributed by atoms with Gasteiger partial charge in [0.1, 0.15) is 10.6 Å². The number of sulfonamides is 1. The van der Waals surface area contributed by atoms with Crippen LogP contribution in [0.2, 0.25) is 0 Å². The van der Waals surface area contributed by atoms with E-state index in [1.807, 2.05) is 0 Å². The van der Waals surface area contributed by atoms with Crippen molar-refractivity contribution in [3.05, 3.63) is 52.9 Å². The maximum Gasteiger partial charge on any atom is 0.250 e. The van der Waals surface area contributed by atoms with E-state index in [9.17, 15) is 18.0 Å². The van der Waals surface area contributed by atoms with Gasteiger partial charge in [-0.1, -0.05) is 6.07 Å². The smallest absolute Gasteiger partial charge is 0.250 e. The average Bonchev–Trinajstić information content (AvgIpc) is 2.75. The molecule has 1 saturated heterocycles. The molecule has 1 N–H and O–H groups in total. The molecule has 0 bridgehead atoms. The summed E-state index contributed by atoms with van der Waals surface area (Å²) < 4.78 is 39.7. The molecule has 0 spiro atoms. The van der Waals surface area contributed by atoms with Gasteiger partial charge in [0.15, 0.2) is 0 Å². The third-order valence-corrected chi connectivity index (χ3v) is 6.51. The minimum atomic E-state index is -3.80. The van der Waals surface area contributed by atoms with E-state index < -0.39 is 10.0 Å². The number of ether oxygens (including phenoxy) is 2. The van der Waals surface area contributed by atoms with Gasteiger partial charge in [-0.25, -0.2) is 8.42 Å². The maximum atomic E-state index is 13.1. The van der Waals surface area contributed by atoms with E-state index in [-0.39, 0.29) is 48.2 Å². The van der Waals surface area contributed by atoms with Gasteiger partial charge in [0.05, 0.1) is 19.8 Å². The number of carbonyl (C=O) groups is 1. The molecule has 30 heavy (non-hydrogen) atoms. The fourth-order valence-electron chi connectivity index (χ4n) is 3.08. The first-order valence-corrected chi connectivity index (χ1v) is 11.2. The van der Waals surface area contributed by atoms with Crippen LogP contribution in [0.4, 0.5) is 5.69 Å². The van der Waals surface area contributed by atoms with E-state index in [2.05, 4.69) is 5.32 Å². The van der Waals surface area contributed by atoms with Gasteiger partial charge < -0.3 is 19.4 Å². The van der Waals surface area contributed by atoms with Gasteiger partial charge in [0.2, 0.25) is 15.9 Å². The molecule has 1 amide bonds. The number of aryl methyl sites for hydroxylation is 1. The van der Waals surface area contributed by atoms with Crippen molar-refractivity contribution in [1.29, 1.82) is 0 Å². The number of anilines is 1. The molecule has 0 radical (unpaired) electrons. The van der Waals surface area contributed by atoms with Gasteiger partial charge in [-0.05, 0) is 31.2 Å². The van der Waals surface area contributed by atoms with Crippen molar-refractivity contribution < 1.29 is 22.7 Å². The molecule has 0 atom stereocenters. The fourth-order valence-corrected chi connectivity index (χ4v) is 4.64. The number of nitrogens with one attached hydrogen (secondary N) is 1. The highest BCUT2D eigenvalue weighted by Crippen LogP contribution is 2.30. The maximum absolute atomic E-state index is 13.1. The molecule has 3 rings (SSSR count). The minimum absolute atomic E-state index is 0.00308. The van der Waals surface area contributed by atoms with Crippen molar-refractivity contribution in [2.45, 2.75) is 24.8 Å². The summed E-state index contributed by atoms with van der Waals surface area (Å²) in [7, 11) is -3.80. The van der Waals surface area contributed by atoms with Gasteiger partial charge in [0.25, 0.3) is 5.56 Å². The van der Waals surface area contributed by atoms with Crippen LogP contribution in [0.1, 0.15) is 13.3 Å². The number of pyridine rings is 1. The van der Waals surface area contributed by atoms with Crippen molar-refractivity contribution in [2.75, 3.05) is 38.2 Å². The molecule has 0 saturated carbocycles. The summed E-state index contributed by atoms with van der Waals surface area (Å²) in [6.45, 7) is 3.49. The zero-order valence-corrected chi connectivity index (χ0v) is 17.6. The number of nitrogens with zero attached hydrogens (tertiary/aromatic N) is 2. The van der Waals surface area contributed by atoms with Gasteiger partial charge >= 0.3 is 0 Å². The third-order valence-electron chi connectivity index (χ3n) is 4.59. The topological polar surface area (TPSA) is 107 Å². The highest BCUT2D eigenvalue weighted by atomic mass is 32.2. The van der Waals surface area contributed by atoms with Crippen molar-refractivity contribution in [3.63, 3.8) is 0 Å². The van der Waals surface area contributed by atoms with Crippen molar-refractivity contribution in [3.8, 4) is 5.75 Å². The summed E-state index contributed by atoms with van der Waals surface area (Å²) in [5.74, 6) is -0.0949. The van der Waals surface area contributed by atoms with Gasteiger partial charge in [-0.15, -0.1) is 0 Å². The molecule has 1 fully saturated rings. The Morgan fingerprint density at radius 3 is 2.67 bits per heavy atom. The molecule has 1 aromatic carbocycles. The molecule has 1 aliphatic heterocycles. The summed E-state index contributed by atoms with van der Waals surface area (Å²) >= 11 is 0. The highest BCUT2D eigenvalue weighted by Gasteiger charge is 2.29. The summed E-state index contributed by atoms with van der Waals surface area (Å²) in [5.41, 5.74) is 0.154. The normalized spacial score (nSPS) is 15.0. The Hall–Kier alpha value is -2.69. The molecule has 2 heterocycles. The fraction of sp³-hybridized carbons (Fsp3) is 0.400. The second-order valence-electron chi connectivity index (χ2n) is 6.64. The van der Waals surface area contributed by atoms with E-state index in [0.29, 0.717) is 25.5 Å². The number of benzene rings is 1.